The van der Waals surface area contributed by atoms with Gasteiger partial charge in [-0.2, -0.15) is 0 Å². The lowest BCUT2D eigenvalue weighted by Crippen LogP contribution is -2.35. The lowest BCUT2D eigenvalue weighted by Gasteiger charge is -2.30. The van der Waals surface area contributed by atoms with E-state index in [9.17, 15) is 23.3 Å². The van der Waals surface area contributed by atoms with Gasteiger partial charge in [-0.15, -0.1) is 0 Å². The molecule has 0 bridgehead atoms. The van der Waals surface area contributed by atoms with Crippen LogP contribution >= 0.6 is 0 Å². The second-order valence-electron chi connectivity index (χ2n) is 7.34. The molecule has 0 spiro atoms. The van der Waals surface area contributed by atoms with Gasteiger partial charge in [-0.05, 0) is 54.3 Å². The summed E-state index contributed by atoms with van der Waals surface area (Å²) >= 11 is 0. The third kappa shape index (κ3) is 4.33. The summed E-state index contributed by atoms with van der Waals surface area (Å²) in [6.07, 6.45) is 1.57. The van der Waals surface area contributed by atoms with Crippen molar-refractivity contribution in [3.05, 3.63) is 99.6 Å². The number of nitrogens with zero attached hydrogens (tertiary/aromatic N) is 2. The maximum atomic E-state index is 13.2. The lowest BCUT2D eigenvalue weighted by atomic mass is 10.0. The molecule has 3 aromatic carbocycles. The van der Waals surface area contributed by atoms with Gasteiger partial charge in [0.05, 0.1) is 21.1 Å². The predicted octanol–water partition coefficient (Wildman–Crippen LogP) is 4.09. The molecule has 0 unspecified atom stereocenters. The van der Waals surface area contributed by atoms with Gasteiger partial charge in [0.1, 0.15) is 6.61 Å². The molecular weight excluding hydrogens is 432 g/mol. The Morgan fingerprint density at radius 2 is 1.78 bits per heavy atom. The maximum Gasteiger partial charge on any atom is 0.338 e. The molecule has 0 aliphatic carbocycles. The minimum absolute atomic E-state index is 0.0874. The van der Waals surface area contributed by atoms with Gasteiger partial charge in [0, 0.05) is 18.7 Å². The summed E-state index contributed by atoms with van der Waals surface area (Å²) in [6, 6.07) is 18.8. The number of carbonyl (C=O) groups excluding carboxylic acids is 1. The van der Waals surface area contributed by atoms with Crippen LogP contribution in [-0.2, 0) is 27.8 Å². The molecule has 1 aliphatic heterocycles. The van der Waals surface area contributed by atoms with Crippen molar-refractivity contribution in [1.82, 2.24) is 0 Å². The van der Waals surface area contributed by atoms with Crippen LogP contribution in [0.5, 0.6) is 0 Å². The molecule has 32 heavy (non-hydrogen) atoms. The van der Waals surface area contributed by atoms with Crippen LogP contribution in [-0.4, -0.2) is 25.9 Å². The Hall–Kier alpha value is -3.72. The average molecular weight is 452 g/mol. The molecule has 0 atom stereocenters. The van der Waals surface area contributed by atoms with Gasteiger partial charge < -0.3 is 4.74 Å². The van der Waals surface area contributed by atoms with E-state index in [2.05, 4.69) is 0 Å². The van der Waals surface area contributed by atoms with Crippen molar-refractivity contribution in [2.24, 2.45) is 0 Å². The van der Waals surface area contributed by atoms with Gasteiger partial charge in [0.15, 0.2) is 0 Å². The van der Waals surface area contributed by atoms with E-state index in [1.807, 2.05) is 18.2 Å². The minimum Gasteiger partial charge on any atom is -0.457 e. The quantitative estimate of drug-likeness (QED) is 0.317. The Balaban J connectivity index is 1.48. The molecule has 8 nitrogen and oxygen atoms in total. The van der Waals surface area contributed by atoms with E-state index in [1.54, 1.807) is 12.1 Å². The number of nitro groups is 1. The Morgan fingerprint density at radius 3 is 2.53 bits per heavy atom. The molecule has 0 saturated heterocycles. The third-order valence-corrected chi connectivity index (χ3v) is 7.06. The van der Waals surface area contributed by atoms with Crippen molar-refractivity contribution in [3.63, 3.8) is 0 Å². The normalized spacial score (nSPS) is 13.3. The standard InChI is InChI=1S/C23H20N2O6S/c26-23(31-16-17-5-3-8-20(15-17)25(27)28)19-10-12-21(13-11-19)32(29,30)24-14-4-7-18-6-1-2-9-22(18)24/h1-3,5-6,8-13,15H,4,7,14,16H2. The molecule has 0 amide bonds. The van der Waals surface area contributed by atoms with Crippen LogP contribution in [0.15, 0.2) is 77.7 Å². The van der Waals surface area contributed by atoms with Gasteiger partial charge in [-0.1, -0.05) is 30.3 Å². The van der Waals surface area contributed by atoms with E-state index < -0.39 is 20.9 Å². The number of anilines is 1. The van der Waals surface area contributed by atoms with Crippen molar-refractivity contribution in [3.8, 4) is 0 Å². The first kappa shape index (κ1) is 21.5. The number of fused-ring (bicyclic) bond motifs is 1. The Bertz CT molecular complexity index is 1270. The van der Waals surface area contributed by atoms with E-state index in [0.717, 1.165) is 18.4 Å². The van der Waals surface area contributed by atoms with Crippen LogP contribution in [0, 0.1) is 10.1 Å². The van der Waals surface area contributed by atoms with Crippen molar-refractivity contribution >= 4 is 27.4 Å². The summed E-state index contributed by atoms with van der Waals surface area (Å²) in [5.41, 5.74) is 2.25. The van der Waals surface area contributed by atoms with Gasteiger partial charge in [0.2, 0.25) is 0 Å². The molecule has 0 radical (unpaired) electrons. The summed E-state index contributed by atoms with van der Waals surface area (Å²) in [7, 11) is -3.77. The number of carbonyl (C=O) groups is 1. The Labute approximate surface area is 185 Å². The first-order chi connectivity index (χ1) is 15.4. The number of ether oxygens (including phenoxy) is 1. The summed E-state index contributed by atoms with van der Waals surface area (Å²) < 4.78 is 33.0. The summed E-state index contributed by atoms with van der Waals surface area (Å²) in [5, 5.41) is 10.9. The lowest BCUT2D eigenvalue weighted by molar-refractivity contribution is -0.384. The van der Waals surface area contributed by atoms with Gasteiger partial charge >= 0.3 is 5.97 Å². The fourth-order valence-corrected chi connectivity index (χ4v) is 5.17. The molecule has 1 aliphatic rings. The van der Waals surface area contributed by atoms with Gasteiger partial charge in [-0.3, -0.25) is 14.4 Å². The topological polar surface area (TPSA) is 107 Å². The van der Waals surface area contributed by atoms with Crippen molar-refractivity contribution in [2.75, 3.05) is 10.8 Å². The molecule has 1 heterocycles. The molecular formula is C23H20N2O6S. The van der Waals surface area contributed by atoms with Gasteiger partial charge in [0.25, 0.3) is 15.7 Å². The molecule has 0 saturated carbocycles. The summed E-state index contributed by atoms with van der Waals surface area (Å²) in [4.78, 5) is 22.8. The Morgan fingerprint density at radius 1 is 1.03 bits per heavy atom. The zero-order valence-corrected chi connectivity index (χ0v) is 17.8. The highest BCUT2D eigenvalue weighted by Crippen LogP contribution is 2.31. The minimum atomic E-state index is -3.77. The molecule has 0 N–H and O–H groups in total. The number of nitro benzene ring substituents is 1. The van der Waals surface area contributed by atoms with E-state index in [-0.39, 0.29) is 22.8 Å². The average Bonchev–Trinajstić information content (AvgIpc) is 2.82. The molecule has 4 rings (SSSR count). The van der Waals surface area contributed by atoms with Crippen LogP contribution in [0.2, 0.25) is 0 Å². The number of esters is 1. The van der Waals surface area contributed by atoms with Crippen LogP contribution in [0.4, 0.5) is 11.4 Å². The first-order valence-electron chi connectivity index (χ1n) is 9.97. The monoisotopic (exact) mass is 452 g/mol. The second-order valence-corrected chi connectivity index (χ2v) is 9.20. The van der Waals surface area contributed by atoms with Crippen LogP contribution in [0.3, 0.4) is 0 Å². The Kier molecular flexibility index (Phi) is 5.91. The maximum absolute atomic E-state index is 13.2. The molecule has 0 aromatic heterocycles. The molecule has 164 valence electrons. The number of benzene rings is 3. The molecule has 0 fully saturated rings. The van der Waals surface area contributed by atoms with Crippen LogP contribution < -0.4 is 4.31 Å². The number of hydrogen-bond acceptors (Lipinski definition) is 6. The van der Waals surface area contributed by atoms with E-state index in [0.29, 0.717) is 17.8 Å². The van der Waals surface area contributed by atoms with Crippen molar-refractivity contribution in [2.45, 2.75) is 24.3 Å². The zero-order valence-electron chi connectivity index (χ0n) is 17.0. The van der Waals surface area contributed by atoms with E-state index in [1.165, 1.54) is 46.8 Å². The highest BCUT2D eigenvalue weighted by atomic mass is 32.2. The van der Waals surface area contributed by atoms with E-state index in [4.69, 9.17) is 4.74 Å². The fraction of sp³-hybridized carbons (Fsp3) is 0.174. The number of para-hydroxylation sites is 1. The second kappa shape index (κ2) is 8.80. The molecule has 9 heteroatoms. The number of hydrogen-bond donors (Lipinski definition) is 0. The van der Waals surface area contributed by atoms with Gasteiger partial charge in [-0.25, -0.2) is 13.2 Å². The number of rotatable bonds is 6. The summed E-state index contributed by atoms with van der Waals surface area (Å²) in [6.45, 7) is 0.261. The number of aryl methyl sites for hydroxylation is 1. The smallest absolute Gasteiger partial charge is 0.338 e. The van der Waals surface area contributed by atoms with Crippen molar-refractivity contribution in [1.29, 1.82) is 0 Å². The number of sulfonamides is 1. The molecule has 3 aromatic rings. The highest BCUT2D eigenvalue weighted by Gasteiger charge is 2.29. The van der Waals surface area contributed by atoms with Crippen LogP contribution in [0.1, 0.15) is 27.9 Å². The van der Waals surface area contributed by atoms with Crippen LogP contribution in [0.25, 0.3) is 0 Å². The fourth-order valence-electron chi connectivity index (χ4n) is 3.63. The van der Waals surface area contributed by atoms with E-state index >= 15 is 0 Å². The SMILES string of the molecule is O=C(OCc1cccc([N+](=O)[O-])c1)c1ccc(S(=O)(=O)N2CCCc3ccccc32)cc1. The first-order valence-corrected chi connectivity index (χ1v) is 11.4. The highest BCUT2D eigenvalue weighted by molar-refractivity contribution is 7.92. The van der Waals surface area contributed by atoms with Crippen molar-refractivity contribution < 1.29 is 22.9 Å². The number of non-ortho nitro benzene ring substituents is 1. The summed E-state index contributed by atoms with van der Waals surface area (Å²) in [5.74, 6) is -0.649. The largest absolute Gasteiger partial charge is 0.457 e. The zero-order chi connectivity index (χ0) is 22.7. The predicted molar refractivity (Wildman–Crippen MR) is 118 cm³/mol. The third-order valence-electron chi connectivity index (χ3n) is 5.24.